The number of fused-ring (bicyclic) bond motifs is 4. The van der Waals surface area contributed by atoms with Crippen LogP contribution in [0.3, 0.4) is 0 Å². The first kappa shape index (κ1) is 18.4. The van der Waals surface area contributed by atoms with Crippen molar-refractivity contribution in [1.29, 1.82) is 0 Å². The smallest absolute Gasteiger partial charge is 0.223 e. The minimum atomic E-state index is 0.0503. The normalized spacial score (nSPS) is 25.5. The number of likely N-dealkylation sites (tertiary alicyclic amines) is 1. The number of rotatable bonds is 1. The van der Waals surface area contributed by atoms with Gasteiger partial charge in [-0.2, -0.15) is 0 Å². The molecule has 3 aliphatic rings. The molecule has 2 amide bonds. The Bertz CT molecular complexity index is 1030. The van der Waals surface area contributed by atoms with Gasteiger partial charge in [-0.25, -0.2) is 0 Å². The highest BCUT2D eigenvalue weighted by atomic mass is 16.2. The largest absolute Gasteiger partial charge is 0.342 e. The summed E-state index contributed by atoms with van der Waals surface area (Å²) in [6.07, 6.45) is 4.56. The van der Waals surface area contributed by atoms with Crippen molar-refractivity contribution in [2.75, 3.05) is 18.5 Å². The molecule has 0 aromatic heterocycles. The molecule has 150 valence electrons. The molecule has 1 fully saturated rings. The minimum absolute atomic E-state index is 0.0503. The molecule has 4 heteroatoms. The molecule has 0 spiro atoms. The zero-order valence-electron chi connectivity index (χ0n) is 17.5. The molecule has 0 saturated carbocycles. The number of hydrogen-bond donors (Lipinski definition) is 0. The van der Waals surface area contributed by atoms with Crippen LogP contribution in [0.1, 0.15) is 49.8 Å². The molecular weight excluding hydrogens is 360 g/mol. The van der Waals surface area contributed by atoms with Crippen molar-refractivity contribution < 1.29 is 9.59 Å². The molecule has 0 bridgehead atoms. The number of likely N-dealkylation sites (N-methyl/N-ethyl adjacent to an activating group) is 1. The van der Waals surface area contributed by atoms with Crippen LogP contribution in [0.15, 0.2) is 36.4 Å². The van der Waals surface area contributed by atoms with Gasteiger partial charge in [0.15, 0.2) is 0 Å². The Balaban J connectivity index is 1.50. The van der Waals surface area contributed by atoms with E-state index in [2.05, 4.69) is 43.3 Å². The van der Waals surface area contributed by atoms with Crippen LogP contribution in [0.4, 0.5) is 5.69 Å². The maximum Gasteiger partial charge on any atom is 0.223 e. The fraction of sp³-hybridized carbons (Fsp3) is 0.440. The van der Waals surface area contributed by atoms with E-state index in [4.69, 9.17) is 0 Å². The third kappa shape index (κ3) is 2.72. The van der Waals surface area contributed by atoms with Crippen LogP contribution < -0.4 is 4.90 Å². The van der Waals surface area contributed by atoms with Gasteiger partial charge < -0.3 is 9.80 Å². The van der Waals surface area contributed by atoms with E-state index in [0.717, 1.165) is 37.9 Å². The van der Waals surface area contributed by atoms with E-state index < -0.39 is 0 Å². The van der Waals surface area contributed by atoms with Gasteiger partial charge >= 0.3 is 0 Å². The molecule has 0 unspecified atom stereocenters. The fourth-order valence-corrected chi connectivity index (χ4v) is 5.88. The lowest BCUT2D eigenvalue weighted by Gasteiger charge is -2.50. The van der Waals surface area contributed by atoms with Crippen molar-refractivity contribution in [3.63, 3.8) is 0 Å². The Morgan fingerprint density at radius 3 is 2.52 bits per heavy atom. The summed E-state index contributed by atoms with van der Waals surface area (Å²) in [6.45, 7) is 4.75. The number of nitrogens with zero attached hydrogens (tertiary/aromatic N) is 2. The first-order valence-corrected chi connectivity index (χ1v) is 10.7. The van der Waals surface area contributed by atoms with Gasteiger partial charge in [-0.05, 0) is 65.6 Å². The Morgan fingerprint density at radius 2 is 1.76 bits per heavy atom. The van der Waals surface area contributed by atoms with Gasteiger partial charge in [0.1, 0.15) is 0 Å². The topological polar surface area (TPSA) is 40.6 Å². The van der Waals surface area contributed by atoms with Gasteiger partial charge in [0.05, 0.1) is 0 Å². The van der Waals surface area contributed by atoms with Crippen LogP contribution in [0, 0.1) is 0 Å². The second-order valence-corrected chi connectivity index (χ2v) is 9.11. The third-order valence-electron chi connectivity index (χ3n) is 7.55. The molecule has 4 nitrogen and oxygen atoms in total. The summed E-state index contributed by atoms with van der Waals surface area (Å²) in [6, 6.07) is 13.7. The van der Waals surface area contributed by atoms with Gasteiger partial charge in [0.25, 0.3) is 0 Å². The average Bonchev–Trinajstić information content (AvgIpc) is 3.14. The number of carbonyl (C=O) groups is 2. The maximum atomic E-state index is 12.2. The predicted octanol–water partition coefficient (Wildman–Crippen LogP) is 4.09. The first-order valence-electron chi connectivity index (χ1n) is 10.7. The van der Waals surface area contributed by atoms with E-state index in [-0.39, 0.29) is 17.2 Å². The van der Waals surface area contributed by atoms with Crippen LogP contribution in [-0.2, 0) is 27.8 Å². The quantitative estimate of drug-likeness (QED) is 0.738. The molecule has 2 heterocycles. The second kappa shape index (κ2) is 6.45. The Labute approximate surface area is 172 Å². The standard InChI is InChI=1S/C25H28N2O2/c1-16(28)27-13-11-20-15-18(5-8-22(20)27)17-4-7-21-19(14-17)6-9-23-25(21,2)12-10-24(29)26(23)3/h4-5,7-8,14-15,23H,6,9-13H2,1-3H3/t23-,25-/m1/s1. The maximum absolute atomic E-state index is 12.2. The zero-order valence-corrected chi connectivity index (χ0v) is 17.5. The molecule has 0 radical (unpaired) electrons. The molecule has 5 rings (SSSR count). The number of hydrogen-bond acceptors (Lipinski definition) is 2. The minimum Gasteiger partial charge on any atom is -0.342 e. The SMILES string of the molecule is CC(=O)N1CCc2cc(-c3ccc4c(c3)CC[C@H]3N(C)C(=O)CC[C@]43C)ccc21. The molecule has 0 N–H and O–H groups in total. The summed E-state index contributed by atoms with van der Waals surface area (Å²) in [5.74, 6) is 0.398. The Kier molecular flexibility index (Phi) is 4.09. The predicted molar refractivity (Wildman–Crippen MR) is 115 cm³/mol. The van der Waals surface area contributed by atoms with E-state index in [0.29, 0.717) is 12.5 Å². The number of amides is 2. The second-order valence-electron chi connectivity index (χ2n) is 9.11. The zero-order chi connectivity index (χ0) is 20.3. The van der Waals surface area contributed by atoms with Crippen LogP contribution in [0.2, 0.25) is 0 Å². The highest BCUT2D eigenvalue weighted by Crippen LogP contribution is 2.46. The number of benzene rings is 2. The first-order chi connectivity index (χ1) is 13.9. The lowest BCUT2D eigenvalue weighted by atomic mass is 9.63. The molecule has 1 saturated heterocycles. The number of carbonyl (C=O) groups excluding carboxylic acids is 2. The summed E-state index contributed by atoms with van der Waals surface area (Å²) < 4.78 is 0. The van der Waals surface area contributed by atoms with E-state index >= 15 is 0 Å². The fourth-order valence-electron chi connectivity index (χ4n) is 5.88. The summed E-state index contributed by atoms with van der Waals surface area (Å²) in [4.78, 5) is 27.9. The summed E-state index contributed by atoms with van der Waals surface area (Å²) in [7, 11) is 1.97. The van der Waals surface area contributed by atoms with Gasteiger partial charge in [0.2, 0.25) is 11.8 Å². The molecular formula is C25H28N2O2. The van der Waals surface area contributed by atoms with Crippen molar-refractivity contribution >= 4 is 17.5 Å². The van der Waals surface area contributed by atoms with Crippen LogP contribution in [0.25, 0.3) is 11.1 Å². The Morgan fingerprint density at radius 1 is 1.03 bits per heavy atom. The van der Waals surface area contributed by atoms with E-state index in [1.165, 1.54) is 27.8 Å². The summed E-state index contributed by atoms with van der Waals surface area (Å²) in [5.41, 5.74) is 7.68. The monoisotopic (exact) mass is 388 g/mol. The molecule has 2 aromatic rings. The molecule has 2 aromatic carbocycles. The van der Waals surface area contributed by atoms with E-state index in [9.17, 15) is 9.59 Å². The van der Waals surface area contributed by atoms with Crippen molar-refractivity contribution in [1.82, 2.24) is 4.90 Å². The van der Waals surface area contributed by atoms with Gasteiger partial charge in [-0.3, -0.25) is 9.59 Å². The van der Waals surface area contributed by atoms with Gasteiger partial charge in [-0.15, -0.1) is 0 Å². The van der Waals surface area contributed by atoms with Crippen molar-refractivity contribution in [3.8, 4) is 11.1 Å². The van der Waals surface area contributed by atoms with Crippen LogP contribution in [-0.4, -0.2) is 36.3 Å². The average molecular weight is 389 g/mol. The van der Waals surface area contributed by atoms with Crippen molar-refractivity contribution in [2.45, 2.75) is 57.4 Å². The molecule has 2 aliphatic heterocycles. The molecule has 29 heavy (non-hydrogen) atoms. The lowest BCUT2D eigenvalue weighted by molar-refractivity contribution is -0.138. The highest BCUT2D eigenvalue weighted by molar-refractivity contribution is 5.94. The Hall–Kier alpha value is -2.62. The number of piperidine rings is 1. The third-order valence-corrected chi connectivity index (χ3v) is 7.55. The lowest BCUT2D eigenvalue weighted by Crippen LogP contribution is -2.56. The van der Waals surface area contributed by atoms with E-state index in [1.807, 2.05) is 16.8 Å². The van der Waals surface area contributed by atoms with Crippen molar-refractivity contribution in [2.24, 2.45) is 0 Å². The number of aryl methyl sites for hydroxylation is 1. The summed E-state index contributed by atoms with van der Waals surface area (Å²) >= 11 is 0. The summed E-state index contributed by atoms with van der Waals surface area (Å²) in [5, 5.41) is 0. The van der Waals surface area contributed by atoms with E-state index in [1.54, 1.807) is 6.92 Å². The molecule has 2 atom stereocenters. The molecule has 1 aliphatic carbocycles. The van der Waals surface area contributed by atoms with Crippen molar-refractivity contribution in [3.05, 3.63) is 53.1 Å². The van der Waals surface area contributed by atoms with Gasteiger partial charge in [0, 0.05) is 44.1 Å². The van der Waals surface area contributed by atoms with Gasteiger partial charge in [-0.1, -0.05) is 31.2 Å². The van der Waals surface area contributed by atoms with Crippen LogP contribution >= 0.6 is 0 Å². The highest BCUT2D eigenvalue weighted by Gasteiger charge is 2.46. The number of anilines is 1. The van der Waals surface area contributed by atoms with Crippen LogP contribution in [0.5, 0.6) is 0 Å².